The fourth-order valence-electron chi connectivity index (χ4n) is 3.62. The van der Waals surface area contributed by atoms with Gasteiger partial charge in [0, 0.05) is 24.6 Å². The van der Waals surface area contributed by atoms with Crippen molar-refractivity contribution in [3.63, 3.8) is 0 Å². The molecule has 5 heteroatoms. The van der Waals surface area contributed by atoms with Crippen LogP contribution in [0.3, 0.4) is 0 Å². The quantitative estimate of drug-likeness (QED) is 0.357. The highest BCUT2D eigenvalue weighted by atomic mass is 16.5. The van der Waals surface area contributed by atoms with Gasteiger partial charge in [-0.2, -0.15) is 0 Å². The van der Waals surface area contributed by atoms with Gasteiger partial charge >= 0.3 is 0 Å². The third-order valence-electron chi connectivity index (χ3n) is 5.63. The fourth-order valence-corrected chi connectivity index (χ4v) is 3.62. The maximum Gasteiger partial charge on any atom is 0.116 e. The van der Waals surface area contributed by atoms with Gasteiger partial charge in [0.2, 0.25) is 0 Å². The van der Waals surface area contributed by atoms with Crippen molar-refractivity contribution >= 4 is 0 Å². The third-order valence-corrected chi connectivity index (χ3v) is 5.63. The number of unbranched alkanes of at least 4 members (excludes halogenated alkanes) is 2. The van der Waals surface area contributed by atoms with Crippen LogP contribution in [0.4, 0.5) is 0 Å². The van der Waals surface area contributed by atoms with E-state index in [2.05, 4.69) is 36.5 Å². The molecule has 0 aliphatic heterocycles. The van der Waals surface area contributed by atoms with Gasteiger partial charge in [0.05, 0.1) is 19.8 Å². The first-order valence-electron chi connectivity index (χ1n) is 10.8. The number of aliphatic hydroxyl groups excluding tert-OH is 3. The zero-order valence-electron chi connectivity index (χ0n) is 17.6. The second-order valence-electron chi connectivity index (χ2n) is 8.16. The number of aliphatic hydroxyl groups is 3. The van der Waals surface area contributed by atoms with Gasteiger partial charge in [0.15, 0.2) is 0 Å². The van der Waals surface area contributed by atoms with Crippen LogP contribution in [0, 0.1) is 5.41 Å². The summed E-state index contributed by atoms with van der Waals surface area (Å²) in [5.74, 6) is 0.121. The maximum absolute atomic E-state index is 9.85. The van der Waals surface area contributed by atoms with Crippen LogP contribution in [0.25, 0.3) is 0 Å². The fraction of sp³-hybridized carbons (Fsp3) is 0.583. The van der Waals surface area contributed by atoms with Crippen LogP contribution in [0.1, 0.15) is 44.6 Å². The van der Waals surface area contributed by atoms with Crippen molar-refractivity contribution in [3.05, 3.63) is 59.4 Å². The summed E-state index contributed by atoms with van der Waals surface area (Å²) in [6.45, 7) is 4.18. The van der Waals surface area contributed by atoms with Crippen LogP contribution in [-0.2, 0) is 11.2 Å². The van der Waals surface area contributed by atoms with E-state index in [1.807, 2.05) is 12.1 Å². The van der Waals surface area contributed by atoms with E-state index >= 15 is 0 Å². The van der Waals surface area contributed by atoms with Crippen LogP contribution in [0.15, 0.2) is 53.8 Å². The molecule has 1 aliphatic carbocycles. The highest BCUT2D eigenvalue weighted by molar-refractivity contribution is 5.29. The van der Waals surface area contributed by atoms with Crippen LogP contribution >= 0.6 is 0 Å². The Hall–Kier alpha value is -1.66. The molecule has 0 saturated carbocycles. The highest BCUT2D eigenvalue weighted by Gasteiger charge is 2.31. The van der Waals surface area contributed by atoms with Gasteiger partial charge in [-0.05, 0) is 49.8 Å². The Labute approximate surface area is 175 Å². The molecular weight excluding hydrogens is 366 g/mol. The molecule has 0 saturated heterocycles. The van der Waals surface area contributed by atoms with Crippen molar-refractivity contribution in [1.82, 2.24) is 5.32 Å². The first-order valence-corrected chi connectivity index (χ1v) is 10.8. The Morgan fingerprint density at radius 2 is 1.90 bits per heavy atom. The summed E-state index contributed by atoms with van der Waals surface area (Å²) in [6, 6.07) is 10.8. The van der Waals surface area contributed by atoms with Crippen molar-refractivity contribution in [3.8, 4) is 0 Å². The summed E-state index contributed by atoms with van der Waals surface area (Å²) in [7, 11) is 0. The predicted octanol–water partition coefficient (Wildman–Crippen LogP) is 3.53. The molecule has 0 bridgehead atoms. The van der Waals surface area contributed by atoms with Crippen LogP contribution in [-0.4, -0.2) is 54.3 Å². The Bertz CT molecular complexity index is 644. The molecule has 0 fully saturated rings. The average Bonchev–Trinajstić information content (AvgIpc) is 2.76. The smallest absolute Gasteiger partial charge is 0.116 e. The molecule has 4 N–H and O–H groups in total. The molecular formula is C24H37NO4. The van der Waals surface area contributed by atoms with Crippen LogP contribution in [0.2, 0.25) is 0 Å². The molecule has 0 radical (unpaired) electrons. The van der Waals surface area contributed by atoms with Crippen molar-refractivity contribution in [2.45, 2.75) is 51.5 Å². The topological polar surface area (TPSA) is 82.0 Å². The number of nitrogens with one attached hydrogen (secondary N) is 1. The van der Waals surface area contributed by atoms with E-state index in [1.54, 1.807) is 6.08 Å². The average molecular weight is 404 g/mol. The second kappa shape index (κ2) is 12.8. The number of benzene rings is 1. The summed E-state index contributed by atoms with van der Waals surface area (Å²) >= 11 is 0. The van der Waals surface area contributed by atoms with E-state index in [0.29, 0.717) is 24.6 Å². The minimum absolute atomic E-state index is 0.0136. The summed E-state index contributed by atoms with van der Waals surface area (Å²) in [5.41, 5.74) is 1.45. The van der Waals surface area contributed by atoms with E-state index in [9.17, 15) is 15.3 Å². The molecule has 29 heavy (non-hydrogen) atoms. The molecule has 2 rings (SSSR count). The van der Waals surface area contributed by atoms with Crippen molar-refractivity contribution in [2.75, 3.05) is 33.0 Å². The Balaban J connectivity index is 1.53. The largest absolute Gasteiger partial charge is 0.508 e. The molecule has 0 spiro atoms. The van der Waals surface area contributed by atoms with Crippen LogP contribution in [0.5, 0.6) is 0 Å². The van der Waals surface area contributed by atoms with E-state index in [1.165, 1.54) is 5.56 Å². The van der Waals surface area contributed by atoms with E-state index in [0.717, 1.165) is 45.3 Å². The zero-order chi connectivity index (χ0) is 21.0. The minimum Gasteiger partial charge on any atom is -0.508 e. The summed E-state index contributed by atoms with van der Waals surface area (Å²) in [6.07, 6.45) is 9.33. The van der Waals surface area contributed by atoms with Gasteiger partial charge < -0.3 is 25.4 Å². The number of ether oxygens (including phenoxy) is 1. The second-order valence-corrected chi connectivity index (χ2v) is 8.16. The molecule has 0 aromatic heterocycles. The van der Waals surface area contributed by atoms with Gasteiger partial charge in [0.25, 0.3) is 0 Å². The molecule has 2 unspecified atom stereocenters. The first kappa shape index (κ1) is 23.6. The molecule has 1 aliphatic rings. The third kappa shape index (κ3) is 8.31. The Morgan fingerprint density at radius 3 is 2.62 bits per heavy atom. The van der Waals surface area contributed by atoms with Crippen LogP contribution < -0.4 is 5.32 Å². The minimum atomic E-state index is -0.453. The lowest BCUT2D eigenvalue weighted by Gasteiger charge is -2.33. The molecule has 1 aromatic rings. The highest BCUT2D eigenvalue weighted by Crippen LogP contribution is 2.33. The number of hydrogen-bond acceptors (Lipinski definition) is 5. The first-order chi connectivity index (χ1) is 14.1. The SMILES string of the molecule is CC(CCCCCOCCc1ccccc1)NCC1(CO)C=CC(O)=C(CO)C1. The standard InChI is InChI=1S/C24H37NO4/c1-20(25-18-24(19-27)13-11-23(28)22(16-24)17-26)8-4-3-7-14-29-15-12-21-9-5-2-6-10-21/h2,5-6,9-11,13,20,25-28H,3-4,7-8,12,14-19H2,1H3. The molecule has 2 atom stereocenters. The number of hydrogen-bond donors (Lipinski definition) is 4. The Kier molecular flexibility index (Phi) is 10.4. The van der Waals surface area contributed by atoms with E-state index in [4.69, 9.17) is 4.74 Å². The van der Waals surface area contributed by atoms with E-state index < -0.39 is 5.41 Å². The van der Waals surface area contributed by atoms with Gasteiger partial charge in [-0.15, -0.1) is 0 Å². The van der Waals surface area contributed by atoms with Gasteiger partial charge in [-0.25, -0.2) is 0 Å². The van der Waals surface area contributed by atoms with Crippen molar-refractivity contribution in [1.29, 1.82) is 0 Å². The molecule has 5 nitrogen and oxygen atoms in total. The lowest BCUT2D eigenvalue weighted by molar-refractivity contribution is 0.132. The number of rotatable bonds is 14. The molecule has 162 valence electrons. The maximum atomic E-state index is 9.85. The number of allylic oxidation sites excluding steroid dienone is 1. The van der Waals surface area contributed by atoms with Crippen molar-refractivity contribution in [2.24, 2.45) is 5.41 Å². The van der Waals surface area contributed by atoms with Gasteiger partial charge in [-0.3, -0.25) is 0 Å². The predicted molar refractivity (Wildman–Crippen MR) is 117 cm³/mol. The molecule has 0 heterocycles. The van der Waals surface area contributed by atoms with Crippen molar-refractivity contribution < 1.29 is 20.1 Å². The van der Waals surface area contributed by atoms with E-state index in [-0.39, 0.29) is 19.0 Å². The van der Waals surface area contributed by atoms with Gasteiger partial charge in [-0.1, -0.05) is 49.2 Å². The summed E-state index contributed by atoms with van der Waals surface area (Å²) in [5, 5.41) is 32.5. The Morgan fingerprint density at radius 1 is 1.10 bits per heavy atom. The summed E-state index contributed by atoms with van der Waals surface area (Å²) < 4.78 is 5.73. The molecule has 0 amide bonds. The summed E-state index contributed by atoms with van der Waals surface area (Å²) in [4.78, 5) is 0. The zero-order valence-corrected chi connectivity index (χ0v) is 17.6. The normalized spacial score (nSPS) is 20.2. The molecule has 1 aromatic carbocycles. The monoisotopic (exact) mass is 403 g/mol. The lowest BCUT2D eigenvalue weighted by Crippen LogP contribution is -2.41. The van der Waals surface area contributed by atoms with Gasteiger partial charge in [0.1, 0.15) is 5.76 Å². The lowest BCUT2D eigenvalue weighted by atomic mass is 9.78.